The molecule has 1 aromatic carbocycles. The molecule has 0 amide bonds. The second-order valence-corrected chi connectivity index (χ2v) is 5.65. The van der Waals surface area contributed by atoms with Crippen molar-refractivity contribution < 1.29 is 19.7 Å². The first-order chi connectivity index (χ1) is 8.13. The van der Waals surface area contributed by atoms with Gasteiger partial charge in [0.25, 0.3) is 0 Å². The van der Waals surface area contributed by atoms with Crippen molar-refractivity contribution >= 4 is 5.97 Å². The molecule has 4 nitrogen and oxygen atoms in total. The molecule has 0 aliphatic heterocycles. The van der Waals surface area contributed by atoms with Crippen molar-refractivity contribution in [3.05, 3.63) is 29.8 Å². The van der Waals surface area contributed by atoms with Gasteiger partial charge in [0.05, 0.1) is 0 Å². The second-order valence-electron chi connectivity index (χ2n) is 5.65. The maximum absolute atomic E-state index is 10.7. The smallest absolute Gasteiger partial charge is 0.339 e. The van der Waals surface area contributed by atoms with E-state index < -0.39 is 11.6 Å². The third kappa shape index (κ3) is 3.74. The molecule has 0 heterocycles. The van der Waals surface area contributed by atoms with E-state index in [9.17, 15) is 9.90 Å². The first kappa shape index (κ1) is 14.5. The van der Waals surface area contributed by atoms with Gasteiger partial charge in [-0.25, -0.2) is 4.79 Å². The van der Waals surface area contributed by atoms with E-state index in [2.05, 4.69) is 20.8 Å². The van der Waals surface area contributed by atoms with Gasteiger partial charge in [0.2, 0.25) is 0 Å². The van der Waals surface area contributed by atoms with E-state index in [0.717, 1.165) is 5.56 Å². The van der Waals surface area contributed by atoms with E-state index in [1.165, 1.54) is 6.92 Å². The number of aliphatic hydroxyl groups is 1. The summed E-state index contributed by atoms with van der Waals surface area (Å²) in [6.07, 6.45) is 0. The van der Waals surface area contributed by atoms with Crippen LogP contribution < -0.4 is 4.74 Å². The maximum Gasteiger partial charge on any atom is 0.339 e. The highest BCUT2D eigenvalue weighted by atomic mass is 16.5. The molecule has 2 N–H and O–H groups in total. The average Bonchev–Trinajstić information content (AvgIpc) is 2.25. The SMILES string of the molecule is CC(O)(COc1cccc(C(C)(C)C)c1)C(=O)O. The van der Waals surface area contributed by atoms with Crippen molar-refractivity contribution in [2.45, 2.75) is 38.7 Å². The predicted octanol–water partition coefficient (Wildman–Crippen LogP) is 2.20. The summed E-state index contributed by atoms with van der Waals surface area (Å²) in [4.78, 5) is 10.7. The number of hydrogen-bond donors (Lipinski definition) is 2. The summed E-state index contributed by atoms with van der Waals surface area (Å²) in [5.41, 5.74) is -0.790. The summed E-state index contributed by atoms with van der Waals surface area (Å²) in [5, 5.41) is 18.3. The van der Waals surface area contributed by atoms with E-state index in [1.54, 1.807) is 6.07 Å². The minimum Gasteiger partial charge on any atom is -0.490 e. The zero-order chi connectivity index (χ0) is 14.0. The quantitative estimate of drug-likeness (QED) is 0.862. The Morgan fingerprint density at radius 2 is 1.89 bits per heavy atom. The van der Waals surface area contributed by atoms with E-state index in [1.807, 2.05) is 18.2 Å². The van der Waals surface area contributed by atoms with E-state index in [-0.39, 0.29) is 12.0 Å². The lowest BCUT2D eigenvalue weighted by Gasteiger charge is -2.21. The summed E-state index contributed by atoms with van der Waals surface area (Å²) < 4.78 is 5.34. The molecule has 1 unspecified atom stereocenters. The van der Waals surface area contributed by atoms with Crippen LogP contribution in [0.25, 0.3) is 0 Å². The molecule has 18 heavy (non-hydrogen) atoms. The van der Waals surface area contributed by atoms with Gasteiger partial charge in [0, 0.05) is 0 Å². The van der Waals surface area contributed by atoms with Crippen LogP contribution in [0.4, 0.5) is 0 Å². The third-order valence-electron chi connectivity index (χ3n) is 2.68. The number of hydrogen-bond acceptors (Lipinski definition) is 3. The highest BCUT2D eigenvalue weighted by Crippen LogP contribution is 2.25. The topological polar surface area (TPSA) is 66.8 Å². The van der Waals surface area contributed by atoms with Crippen LogP contribution in [0.3, 0.4) is 0 Å². The molecule has 0 fully saturated rings. The fourth-order valence-electron chi connectivity index (χ4n) is 1.34. The number of carbonyl (C=O) groups is 1. The number of benzene rings is 1. The van der Waals surface area contributed by atoms with Crippen molar-refractivity contribution in [2.75, 3.05) is 6.61 Å². The van der Waals surface area contributed by atoms with Crippen LogP contribution in [-0.4, -0.2) is 28.4 Å². The van der Waals surface area contributed by atoms with Crippen molar-refractivity contribution in [3.8, 4) is 5.75 Å². The zero-order valence-electron chi connectivity index (χ0n) is 11.2. The molecular formula is C14H20O4. The Bertz CT molecular complexity index is 430. The minimum atomic E-state index is -1.88. The Balaban J connectivity index is 2.78. The Morgan fingerprint density at radius 3 is 2.39 bits per heavy atom. The molecule has 100 valence electrons. The molecule has 1 atom stereocenters. The lowest BCUT2D eigenvalue weighted by Crippen LogP contribution is -2.41. The highest BCUT2D eigenvalue weighted by molar-refractivity contribution is 5.76. The summed E-state index contributed by atoms with van der Waals surface area (Å²) in [6.45, 7) is 7.18. The van der Waals surface area contributed by atoms with E-state index >= 15 is 0 Å². The number of aliphatic carboxylic acids is 1. The van der Waals surface area contributed by atoms with Crippen LogP contribution in [0.2, 0.25) is 0 Å². The lowest BCUT2D eigenvalue weighted by molar-refractivity contribution is -0.159. The van der Waals surface area contributed by atoms with Crippen LogP contribution in [0.15, 0.2) is 24.3 Å². The first-order valence-electron chi connectivity index (χ1n) is 5.82. The molecular weight excluding hydrogens is 232 g/mol. The number of rotatable bonds is 4. The summed E-state index contributed by atoms with van der Waals surface area (Å²) in [5.74, 6) is -0.738. The van der Waals surface area contributed by atoms with Crippen molar-refractivity contribution in [1.82, 2.24) is 0 Å². The summed E-state index contributed by atoms with van der Waals surface area (Å²) in [6, 6.07) is 7.44. The minimum absolute atomic E-state index is 0.00527. The van der Waals surface area contributed by atoms with Gasteiger partial charge in [0.15, 0.2) is 5.60 Å². The summed E-state index contributed by atoms with van der Waals surface area (Å²) in [7, 11) is 0. The molecule has 1 aromatic rings. The number of carboxylic acids is 1. The van der Waals surface area contributed by atoms with Crippen LogP contribution >= 0.6 is 0 Å². The van der Waals surface area contributed by atoms with Gasteiger partial charge >= 0.3 is 5.97 Å². The molecule has 0 spiro atoms. The normalized spacial score (nSPS) is 14.9. The molecule has 0 saturated carbocycles. The Labute approximate surface area is 107 Å². The second kappa shape index (κ2) is 4.98. The van der Waals surface area contributed by atoms with Crippen molar-refractivity contribution in [1.29, 1.82) is 0 Å². The number of ether oxygens (including phenoxy) is 1. The standard InChI is InChI=1S/C14H20O4/c1-13(2,3)10-6-5-7-11(8-10)18-9-14(4,17)12(15)16/h5-8,17H,9H2,1-4H3,(H,15,16). The fourth-order valence-corrected chi connectivity index (χ4v) is 1.34. The maximum atomic E-state index is 10.7. The molecule has 0 aromatic heterocycles. The van der Waals surface area contributed by atoms with E-state index in [4.69, 9.17) is 9.84 Å². The van der Waals surface area contributed by atoms with Crippen LogP contribution in [0.1, 0.15) is 33.3 Å². The van der Waals surface area contributed by atoms with Crippen LogP contribution in [0.5, 0.6) is 5.75 Å². The molecule has 0 aliphatic rings. The molecule has 0 radical (unpaired) electrons. The molecule has 0 saturated heterocycles. The first-order valence-corrected chi connectivity index (χ1v) is 5.82. The van der Waals surface area contributed by atoms with Crippen molar-refractivity contribution in [2.24, 2.45) is 0 Å². The van der Waals surface area contributed by atoms with Crippen molar-refractivity contribution in [3.63, 3.8) is 0 Å². The van der Waals surface area contributed by atoms with Gasteiger partial charge in [-0.15, -0.1) is 0 Å². The Kier molecular flexibility index (Phi) is 4.02. The average molecular weight is 252 g/mol. The van der Waals surface area contributed by atoms with Crippen LogP contribution in [-0.2, 0) is 10.2 Å². The van der Waals surface area contributed by atoms with Gasteiger partial charge in [-0.1, -0.05) is 32.9 Å². The predicted molar refractivity (Wildman–Crippen MR) is 68.9 cm³/mol. The Hall–Kier alpha value is -1.55. The third-order valence-corrected chi connectivity index (χ3v) is 2.68. The Morgan fingerprint density at radius 1 is 1.28 bits per heavy atom. The van der Waals surface area contributed by atoms with Gasteiger partial charge in [-0.2, -0.15) is 0 Å². The van der Waals surface area contributed by atoms with Crippen LogP contribution in [0, 0.1) is 0 Å². The fraction of sp³-hybridized carbons (Fsp3) is 0.500. The van der Waals surface area contributed by atoms with E-state index in [0.29, 0.717) is 5.75 Å². The molecule has 4 heteroatoms. The summed E-state index contributed by atoms with van der Waals surface area (Å²) >= 11 is 0. The van der Waals surface area contributed by atoms with Gasteiger partial charge in [-0.3, -0.25) is 0 Å². The number of carboxylic acid groups (broad SMARTS) is 1. The lowest BCUT2D eigenvalue weighted by atomic mass is 9.87. The van der Waals surface area contributed by atoms with Gasteiger partial charge in [0.1, 0.15) is 12.4 Å². The largest absolute Gasteiger partial charge is 0.490 e. The zero-order valence-corrected chi connectivity index (χ0v) is 11.2. The molecule has 0 bridgehead atoms. The van der Waals surface area contributed by atoms with Gasteiger partial charge < -0.3 is 14.9 Å². The van der Waals surface area contributed by atoms with Gasteiger partial charge in [-0.05, 0) is 30.0 Å². The molecule has 0 aliphatic carbocycles. The highest BCUT2D eigenvalue weighted by Gasteiger charge is 2.31. The molecule has 1 rings (SSSR count). The monoisotopic (exact) mass is 252 g/mol.